The number of rotatable bonds is 7. The summed E-state index contributed by atoms with van der Waals surface area (Å²) in [5, 5.41) is 0. The summed E-state index contributed by atoms with van der Waals surface area (Å²) >= 11 is 0. The number of hydrogen-bond donors (Lipinski definition) is 2. The highest BCUT2D eigenvalue weighted by molar-refractivity contribution is 5.26. The van der Waals surface area contributed by atoms with Crippen LogP contribution < -0.4 is 11.3 Å². The summed E-state index contributed by atoms with van der Waals surface area (Å²) < 4.78 is 42.1. The molecule has 6 heteroatoms. The molecular formula is C12H17F3N2O. The van der Waals surface area contributed by atoms with E-state index in [2.05, 4.69) is 5.43 Å². The van der Waals surface area contributed by atoms with Crippen molar-refractivity contribution in [2.24, 2.45) is 5.84 Å². The Kier molecular flexibility index (Phi) is 6.11. The molecule has 1 aromatic carbocycles. The molecule has 3 N–H and O–H groups in total. The lowest BCUT2D eigenvalue weighted by Gasteiger charge is -2.17. The zero-order chi connectivity index (χ0) is 13.5. The van der Waals surface area contributed by atoms with Gasteiger partial charge in [0.25, 0.3) is 6.43 Å². The van der Waals surface area contributed by atoms with Crippen molar-refractivity contribution in [2.75, 3.05) is 13.2 Å². The third-order valence-corrected chi connectivity index (χ3v) is 2.52. The summed E-state index contributed by atoms with van der Waals surface area (Å²) in [4.78, 5) is 0. The molecule has 3 nitrogen and oxygen atoms in total. The maximum Gasteiger partial charge on any atom is 0.261 e. The first-order valence-corrected chi connectivity index (χ1v) is 5.62. The van der Waals surface area contributed by atoms with Crippen LogP contribution in [0.5, 0.6) is 0 Å². The SMILES string of the molecule is Cc1ccc(F)c(C(CCOCC(F)F)NN)c1. The third-order valence-electron chi connectivity index (χ3n) is 2.52. The van der Waals surface area contributed by atoms with E-state index in [9.17, 15) is 13.2 Å². The first-order chi connectivity index (χ1) is 8.54. The Morgan fingerprint density at radius 1 is 1.39 bits per heavy atom. The van der Waals surface area contributed by atoms with E-state index in [1.54, 1.807) is 12.1 Å². The molecule has 0 radical (unpaired) electrons. The van der Waals surface area contributed by atoms with Crippen molar-refractivity contribution in [3.63, 3.8) is 0 Å². The van der Waals surface area contributed by atoms with E-state index < -0.39 is 19.1 Å². The molecule has 0 aliphatic rings. The Bertz CT molecular complexity index is 374. The molecule has 1 rings (SSSR count). The molecule has 18 heavy (non-hydrogen) atoms. The lowest BCUT2D eigenvalue weighted by molar-refractivity contribution is 0.0143. The van der Waals surface area contributed by atoms with Crippen LogP contribution in [-0.4, -0.2) is 19.6 Å². The lowest BCUT2D eigenvalue weighted by atomic mass is 10.0. The van der Waals surface area contributed by atoms with E-state index in [-0.39, 0.29) is 12.4 Å². The van der Waals surface area contributed by atoms with Crippen LogP contribution in [0.15, 0.2) is 18.2 Å². The van der Waals surface area contributed by atoms with E-state index in [1.165, 1.54) is 6.07 Å². The number of alkyl halides is 2. The van der Waals surface area contributed by atoms with Crippen LogP contribution in [0, 0.1) is 12.7 Å². The van der Waals surface area contributed by atoms with E-state index in [0.717, 1.165) is 5.56 Å². The third kappa shape index (κ3) is 4.64. The van der Waals surface area contributed by atoms with Crippen LogP contribution in [0.2, 0.25) is 0 Å². The molecule has 1 atom stereocenters. The van der Waals surface area contributed by atoms with Crippen LogP contribution in [0.1, 0.15) is 23.6 Å². The molecule has 0 aromatic heterocycles. The number of halogens is 3. The molecule has 0 aliphatic heterocycles. The molecule has 0 fully saturated rings. The molecule has 102 valence electrons. The monoisotopic (exact) mass is 262 g/mol. The molecule has 0 aliphatic carbocycles. The maximum atomic E-state index is 13.6. The molecule has 0 amide bonds. The lowest BCUT2D eigenvalue weighted by Crippen LogP contribution is -2.30. The van der Waals surface area contributed by atoms with Gasteiger partial charge in [-0.15, -0.1) is 0 Å². The summed E-state index contributed by atoms with van der Waals surface area (Å²) in [5.41, 5.74) is 3.78. The first-order valence-electron chi connectivity index (χ1n) is 5.62. The second kappa shape index (κ2) is 7.35. The maximum absolute atomic E-state index is 13.6. The average Bonchev–Trinajstić information content (AvgIpc) is 2.33. The Hall–Kier alpha value is -1.11. The molecule has 0 saturated carbocycles. The van der Waals surface area contributed by atoms with E-state index in [1.807, 2.05) is 6.92 Å². The fourth-order valence-corrected chi connectivity index (χ4v) is 1.63. The van der Waals surface area contributed by atoms with Gasteiger partial charge < -0.3 is 4.74 Å². The summed E-state index contributed by atoms with van der Waals surface area (Å²) in [7, 11) is 0. The standard InChI is InChI=1S/C12H17F3N2O/c1-8-2-3-10(13)9(6-8)11(17-16)4-5-18-7-12(14)15/h2-3,6,11-12,17H,4-5,7,16H2,1H3. The number of aryl methyl sites for hydroxylation is 1. The van der Waals surface area contributed by atoms with Crippen molar-refractivity contribution in [3.05, 3.63) is 35.1 Å². The number of nitrogens with one attached hydrogen (secondary N) is 1. The second-order valence-corrected chi connectivity index (χ2v) is 4.00. The van der Waals surface area contributed by atoms with Gasteiger partial charge in [-0.05, 0) is 19.4 Å². The van der Waals surface area contributed by atoms with Crippen molar-refractivity contribution in [2.45, 2.75) is 25.8 Å². The van der Waals surface area contributed by atoms with Gasteiger partial charge in [-0.1, -0.05) is 17.7 Å². The van der Waals surface area contributed by atoms with E-state index >= 15 is 0 Å². The van der Waals surface area contributed by atoms with Gasteiger partial charge in [-0.25, -0.2) is 13.2 Å². The first kappa shape index (κ1) is 14.9. The summed E-state index contributed by atoms with van der Waals surface area (Å²) in [6, 6.07) is 4.23. The summed E-state index contributed by atoms with van der Waals surface area (Å²) in [6.07, 6.45) is -2.17. The normalized spacial score (nSPS) is 13.0. The van der Waals surface area contributed by atoms with Gasteiger partial charge in [0.2, 0.25) is 0 Å². The zero-order valence-electron chi connectivity index (χ0n) is 10.1. The van der Waals surface area contributed by atoms with E-state index in [4.69, 9.17) is 10.6 Å². The number of ether oxygens (including phenoxy) is 1. The van der Waals surface area contributed by atoms with Gasteiger partial charge in [-0.2, -0.15) is 0 Å². The summed E-state index contributed by atoms with van der Waals surface area (Å²) in [5.74, 6) is 4.97. The Balaban J connectivity index is 2.57. The smallest absolute Gasteiger partial charge is 0.261 e. The minimum Gasteiger partial charge on any atom is -0.375 e. The average molecular weight is 262 g/mol. The Labute approximate surface area is 104 Å². The Morgan fingerprint density at radius 3 is 2.72 bits per heavy atom. The van der Waals surface area contributed by atoms with Gasteiger partial charge >= 0.3 is 0 Å². The second-order valence-electron chi connectivity index (χ2n) is 4.00. The van der Waals surface area contributed by atoms with Crippen molar-refractivity contribution in [1.82, 2.24) is 5.43 Å². The molecule has 1 aromatic rings. The van der Waals surface area contributed by atoms with Crippen molar-refractivity contribution in [1.29, 1.82) is 0 Å². The molecule has 0 heterocycles. The number of hydrogen-bond acceptors (Lipinski definition) is 3. The van der Waals surface area contributed by atoms with Crippen LogP contribution in [0.3, 0.4) is 0 Å². The predicted molar refractivity (Wildman–Crippen MR) is 62.6 cm³/mol. The van der Waals surface area contributed by atoms with Crippen molar-refractivity contribution < 1.29 is 17.9 Å². The van der Waals surface area contributed by atoms with Crippen LogP contribution >= 0.6 is 0 Å². The Morgan fingerprint density at radius 2 is 2.11 bits per heavy atom. The van der Waals surface area contributed by atoms with Crippen LogP contribution in [-0.2, 0) is 4.74 Å². The minimum absolute atomic E-state index is 0.0899. The highest BCUT2D eigenvalue weighted by Crippen LogP contribution is 2.20. The van der Waals surface area contributed by atoms with Gasteiger partial charge in [-0.3, -0.25) is 11.3 Å². The molecule has 0 saturated heterocycles. The molecular weight excluding hydrogens is 245 g/mol. The minimum atomic E-state index is -2.50. The van der Waals surface area contributed by atoms with Crippen LogP contribution in [0.25, 0.3) is 0 Å². The topological polar surface area (TPSA) is 47.3 Å². The zero-order valence-corrected chi connectivity index (χ0v) is 10.1. The number of benzene rings is 1. The van der Waals surface area contributed by atoms with Gasteiger partial charge in [0.15, 0.2) is 0 Å². The largest absolute Gasteiger partial charge is 0.375 e. The van der Waals surface area contributed by atoms with Gasteiger partial charge in [0.05, 0.1) is 6.04 Å². The van der Waals surface area contributed by atoms with Crippen molar-refractivity contribution in [3.8, 4) is 0 Å². The van der Waals surface area contributed by atoms with E-state index in [0.29, 0.717) is 12.0 Å². The molecule has 0 bridgehead atoms. The number of hydrazine groups is 1. The quantitative estimate of drug-likeness (QED) is 0.450. The predicted octanol–water partition coefficient (Wildman–Crippen LogP) is 2.31. The fraction of sp³-hybridized carbons (Fsp3) is 0.500. The summed E-state index contributed by atoms with van der Waals surface area (Å²) in [6.45, 7) is 1.31. The van der Waals surface area contributed by atoms with Crippen LogP contribution in [0.4, 0.5) is 13.2 Å². The van der Waals surface area contributed by atoms with Crippen molar-refractivity contribution >= 4 is 0 Å². The fourth-order valence-electron chi connectivity index (χ4n) is 1.63. The molecule has 0 spiro atoms. The molecule has 1 unspecified atom stereocenters. The highest BCUT2D eigenvalue weighted by Gasteiger charge is 2.14. The van der Waals surface area contributed by atoms with Gasteiger partial charge in [0.1, 0.15) is 12.4 Å². The number of nitrogens with two attached hydrogens (primary N) is 1. The highest BCUT2D eigenvalue weighted by atomic mass is 19.3. The van der Waals surface area contributed by atoms with Gasteiger partial charge in [0, 0.05) is 12.2 Å².